The number of aliphatic hydroxyl groups is 1. The van der Waals surface area contributed by atoms with E-state index >= 15 is 0 Å². The quantitative estimate of drug-likeness (QED) is 0.106. The first kappa shape index (κ1) is 30.1. The number of aliphatic carboxylic acids is 2. The van der Waals surface area contributed by atoms with Crippen LogP contribution in [0.25, 0.3) is 0 Å². The Hall–Kier alpha value is -2.91. The predicted molar refractivity (Wildman–Crippen MR) is 117 cm³/mol. The molecule has 5 unspecified atom stereocenters. The molecule has 0 aliphatic carbocycles. The highest BCUT2D eigenvalue weighted by Gasteiger charge is 2.33. The lowest BCUT2D eigenvalue weighted by Gasteiger charge is -2.26. The van der Waals surface area contributed by atoms with Gasteiger partial charge in [-0.05, 0) is 31.8 Å². The number of carboxylic acid groups (broad SMARTS) is 2. The van der Waals surface area contributed by atoms with Crippen molar-refractivity contribution in [3.05, 3.63) is 0 Å². The Balaban J connectivity index is 5.37. The van der Waals surface area contributed by atoms with E-state index in [2.05, 4.69) is 16.0 Å². The highest BCUT2D eigenvalue weighted by molar-refractivity contribution is 7.98. The fourth-order valence-electron chi connectivity index (χ4n) is 2.51. The van der Waals surface area contributed by atoms with Crippen LogP contribution in [-0.4, -0.2) is 93.2 Å². The molecule has 0 aliphatic heterocycles. The van der Waals surface area contributed by atoms with Crippen LogP contribution >= 0.6 is 11.8 Å². The van der Waals surface area contributed by atoms with Gasteiger partial charge in [0.05, 0.1) is 18.6 Å². The molecular formula is C18H31N5O9S. The number of hydrogen-bond acceptors (Lipinski definition) is 9. The largest absolute Gasteiger partial charge is 0.481 e. The number of carboxylic acids is 2. The molecule has 0 radical (unpaired) electrons. The number of amides is 4. The van der Waals surface area contributed by atoms with Crippen LogP contribution in [0, 0.1) is 0 Å². The summed E-state index contributed by atoms with van der Waals surface area (Å²) in [7, 11) is 0. The van der Waals surface area contributed by atoms with Gasteiger partial charge in [0.2, 0.25) is 23.6 Å². The number of carbonyl (C=O) groups excluding carboxylic acids is 4. The summed E-state index contributed by atoms with van der Waals surface area (Å²) in [6.45, 7) is 1.16. The van der Waals surface area contributed by atoms with Crippen molar-refractivity contribution in [2.45, 2.75) is 62.9 Å². The first-order valence-electron chi connectivity index (χ1n) is 9.86. The zero-order valence-corrected chi connectivity index (χ0v) is 19.1. The summed E-state index contributed by atoms with van der Waals surface area (Å²) in [4.78, 5) is 70.6. The Kier molecular flexibility index (Phi) is 13.7. The molecule has 0 rings (SSSR count). The molecule has 5 atom stereocenters. The maximum atomic E-state index is 12.6. The van der Waals surface area contributed by atoms with E-state index in [0.29, 0.717) is 5.75 Å². The lowest BCUT2D eigenvalue weighted by molar-refractivity contribution is -0.144. The van der Waals surface area contributed by atoms with Gasteiger partial charge in [-0.15, -0.1) is 0 Å². The van der Waals surface area contributed by atoms with Gasteiger partial charge in [-0.1, -0.05) is 0 Å². The number of hydrogen-bond donors (Lipinski definition) is 8. The maximum Gasteiger partial charge on any atom is 0.326 e. The Bertz CT molecular complexity index is 734. The normalized spacial score (nSPS) is 15.3. The molecule has 0 bridgehead atoms. The fourth-order valence-corrected chi connectivity index (χ4v) is 2.98. The van der Waals surface area contributed by atoms with Crippen LogP contribution in [0.1, 0.15) is 32.6 Å². The minimum absolute atomic E-state index is 0.0869. The number of aliphatic hydroxyl groups excluding tert-OH is 1. The Morgan fingerprint density at radius 2 is 1.48 bits per heavy atom. The van der Waals surface area contributed by atoms with Crippen LogP contribution in [0.3, 0.4) is 0 Å². The zero-order chi connectivity index (χ0) is 25.7. The van der Waals surface area contributed by atoms with Gasteiger partial charge >= 0.3 is 11.9 Å². The summed E-state index contributed by atoms with van der Waals surface area (Å²) in [6.07, 6.45) is -0.883. The van der Waals surface area contributed by atoms with Gasteiger partial charge in [-0.2, -0.15) is 11.8 Å². The second kappa shape index (κ2) is 15.0. The summed E-state index contributed by atoms with van der Waals surface area (Å²) in [5.41, 5.74) is 10.6. The summed E-state index contributed by atoms with van der Waals surface area (Å²) < 4.78 is 0. The molecule has 0 aromatic carbocycles. The van der Waals surface area contributed by atoms with Crippen molar-refractivity contribution < 1.29 is 44.1 Å². The molecule has 33 heavy (non-hydrogen) atoms. The van der Waals surface area contributed by atoms with Crippen LogP contribution < -0.4 is 27.4 Å². The van der Waals surface area contributed by atoms with Crippen molar-refractivity contribution in [1.29, 1.82) is 0 Å². The van der Waals surface area contributed by atoms with Gasteiger partial charge < -0.3 is 42.7 Å². The second-order valence-electron chi connectivity index (χ2n) is 7.18. The summed E-state index contributed by atoms with van der Waals surface area (Å²) in [5, 5.41) is 34.7. The van der Waals surface area contributed by atoms with Crippen LogP contribution in [0.2, 0.25) is 0 Å². The standard InChI is InChI=1S/C18H31N5O9S/c1-8(24)14(17(30)21-10(18(31)32)5-6-33-2)23-16(29)11(7-13(26)27)22-15(28)9(19)3-4-12(20)25/h8-11,14,24H,3-7,19H2,1-2H3,(H2,20,25)(H,21,30)(H,22,28)(H,23,29)(H,26,27)(H,31,32). The van der Waals surface area contributed by atoms with Crippen molar-refractivity contribution in [3.63, 3.8) is 0 Å². The minimum atomic E-state index is -1.67. The number of nitrogens with two attached hydrogens (primary N) is 2. The van der Waals surface area contributed by atoms with E-state index in [1.807, 2.05) is 0 Å². The molecule has 0 aromatic rings. The third-order valence-electron chi connectivity index (χ3n) is 4.34. The van der Waals surface area contributed by atoms with Crippen LogP contribution in [0.5, 0.6) is 0 Å². The molecule has 14 nitrogen and oxygen atoms in total. The van der Waals surface area contributed by atoms with Crippen LogP contribution in [0.15, 0.2) is 0 Å². The van der Waals surface area contributed by atoms with Gasteiger partial charge in [-0.25, -0.2) is 4.79 Å². The third-order valence-corrected chi connectivity index (χ3v) is 4.98. The van der Waals surface area contributed by atoms with E-state index in [4.69, 9.17) is 16.6 Å². The molecule has 4 amide bonds. The van der Waals surface area contributed by atoms with Gasteiger partial charge in [0.25, 0.3) is 0 Å². The molecule has 188 valence electrons. The van der Waals surface area contributed by atoms with E-state index in [0.717, 1.165) is 6.92 Å². The summed E-state index contributed by atoms with van der Waals surface area (Å²) >= 11 is 1.36. The van der Waals surface area contributed by atoms with E-state index in [1.165, 1.54) is 11.8 Å². The fraction of sp³-hybridized carbons (Fsp3) is 0.667. The molecule has 0 saturated heterocycles. The van der Waals surface area contributed by atoms with Crippen molar-refractivity contribution in [3.8, 4) is 0 Å². The Labute approximate surface area is 194 Å². The molecule has 10 N–H and O–H groups in total. The van der Waals surface area contributed by atoms with E-state index in [1.54, 1.807) is 6.26 Å². The van der Waals surface area contributed by atoms with Gasteiger partial charge in [0.15, 0.2) is 0 Å². The van der Waals surface area contributed by atoms with Crippen molar-refractivity contribution in [1.82, 2.24) is 16.0 Å². The summed E-state index contributed by atoms with van der Waals surface area (Å²) in [6, 6.07) is -5.84. The smallest absolute Gasteiger partial charge is 0.326 e. The van der Waals surface area contributed by atoms with Gasteiger partial charge in [-0.3, -0.25) is 24.0 Å². The first-order valence-corrected chi connectivity index (χ1v) is 11.3. The van der Waals surface area contributed by atoms with Crippen LogP contribution in [-0.2, 0) is 28.8 Å². The molecule has 0 fully saturated rings. The maximum absolute atomic E-state index is 12.6. The highest BCUT2D eigenvalue weighted by atomic mass is 32.2. The molecule has 0 heterocycles. The van der Waals surface area contributed by atoms with Crippen molar-refractivity contribution >= 4 is 47.3 Å². The number of nitrogens with one attached hydrogen (secondary N) is 3. The lowest BCUT2D eigenvalue weighted by Crippen LogP contribution is -2.60. The minimum Gasteiger partial charge on any atom is -0.481 e. The number of primary amides is 1. The van der Waals surface area contributed by atoms with Gasteiger partial charge in [0.1, 0.15) is 18.1 Å². The molecule has 0 aliphatic rings. The number of rotatable bonds is 16. The Morgan fingerprint density at radius 1 is 0.909 bits per heavy atom. The van der Waals surface area contributed by atoms with E-state index in [-0.39, 0.29) is 19.3 Å². The third kappa shape index (κ3) is 12.1. The first-order chi connectivity index (χ1) is 15.3. The number of thioether (sulfide) groups is 1. The van der Waals surface area contributed by atoms with Gasteiger partial charge in [0, 0.05) is 6.42 Å². The van der Waals surface area contributed by atoms with Crippen molar-refractivity contribution in [2.24, 2.45) is 11.5 Å². The molecule has 0 spiro atoms. The van der Waals surface area contributed by atoms with Crippen LogP contribution in [0.4, 0.5) is 0 Å². The van der Waals surface area contributed by atoms with E-state index < -0.39 is 72.3 Å². The Morgan fingerprint density at radius 3 is 1.94 bits per heavy atom. The summed E-state index contributed by atoms with van der Waals surface area (Å²) in [5.74, 6) is -6.11. The molecule has 0 saturated carbocycles. The van der Waals surface area contributed by atoms with E-state index in [9.17, 15) is 39.0 Å². The average Bonchev–Trinajstić information content (AvgIpc) is 2.71. The average molecular weight is 494 g/mol. The lowest BCUT2D eigenvalue weighted by atomic mass is 10.1. The SMILES string of the molecule is CSCCC(NC(=O)C(NC(=O)C(CC(=O)O)NC(=O)C(N)CCC(N)=O)C(C)O)C(=O)O. The molecule has 15 heteroatoms. The zero-order valence-electron chi connectivity index (χ0n) is 18.3. The molecular weight excluding hydrogens is 462 g/mol. The predicted octanol–water partition coefficient (Wildman–Crippen LogP) is -3.27. The monoisotopic (exact) mass is 493 g/mol. The molecule has 0 aromatic heterocycles. The number of carbonyl (C=O) groups is 6. The van der Waals surface area contributed by atoms with Crippen molar-refractivity contribution in [2.75, 3.05) is 12.0 Å². The highest BCUT2D eigenvalue weighted by Crippen LogP contribution is 2.04. The second-order valence-corrected chi connectivity index (χ2v) is 8.16. The topological polar surface area (TPSA) is 251 Å².